The SMILES string of the molecule is O=C(O)C1C2CCC(C2)C1NCc1cn2ccsc2n1. The van der Waals surface area contributed by atoms with Crippen LogP contribution in [0.3, 0.4) is 0 Å². The van der Waals surface area contributed by atoms with E-state index < -0.39 is 5.97 Å². The largest absolute Gasteiger partial charge is 0.481 e. The van der Waals surface area contributed by atoms with Crippen molar-refractivity contribution in [2.24, 2.45) is 17.8 Å². The van der Waals surface area contributed by atoms with Crippen LogP contribution in [0.4, 0.5) is 0 Å². The molecule has 2 bridgehead atoms. The number of carbonyl (C=O) groups is 1. The Balaban J connectivity index is 1.48. The molecule has 0 spiro atoms. The summed E-state index contributed by atoms with van der Waals surface area (Å²) in [4.78, 5) is 17.0. The van der Waals surface area contributed by atoms with Gasteiger partial charge in [-0.2, -0.15) is 0 Å². The van der Waals surface area contributed by atoms with Crippen LogP contribution < -0.4 is 5.32 Å². The lowest BCUT2D eigenvalue weighted by molar-refractivity contribution is -0.144. The highest BCUT2D eigenvalue weighted by atomic mass is 32.1. The van der Waals surface area contributed by atoms with E-state index >= 15 is 0 Å². The number of fused-ring (bicyclic) bond motifs is 3. The fraction of sp³-hybridized carbons (Fsp3) is 0.571. The molecule has 2 saturated carbocycles. The van der Waals surface area contributed by atoms with Crippen molar-refractivity contribution in [1.29, 1.82) is 0 Å². The molecule has 106 valence electrons. The molecule has 2 aromatic heterocycles. The van der Waals surface area contributed by atoms with Gasteiger partial charge < -0.3 is 10.4 Å². The van der Waals surface area contributed by atoms with Crippen LogP contribution in [0.15, 0.2) is 17.8 Å². The summed E-state index contributed by atoms with van der Waals surface area (Å²) >= 11 is 1.61. The van der Waals surface area contributed by atoms with Crippen molar-refractivity contribution in [2.45, 2.75) is 31.8 Å². The quantitative estimate of drug-likeness (QED) is 0.904. The molecule has 0 saturated heterocycles. The summed E-state index contributed by atoms with van der Waals surface area (Å²) in [5, 5.41) is 14.9. The van der Waals surface area contributed by atoms with E-state index in [0.717, 1.165) is 23.5 Å². The Morgan fingerprint density at radius 2 is 2.35 bits per heavy atom. The first-order valence-corrected chi connectivity index (χ1v) is 7.97. The predicted molar refractivity (Wildman–Crippen MR) is 75.7 cm³/mol. The lowest BCUT2D eigenvalue weighted by Gasteiger charge is -2.28. The Morgan fingerprint density at radius 3 is 3.15 bits per heavy atom. The molecule has 2 heterocycles. The van der Waals surface area contributed by atoms with Crippen molar-refractivity contribution < 1.29 is 9.90 Å². The topological polar surface area (TPSA) is 66.6 Å². The first-order chi connectivity index (χ1) is 9.72. The number of rotatable bonds is 4. The minimum Gasteiger partial charge on any atom is -0.481 e. The van der Waals surface area contributed by atoms with Crippen molar-refractivity contribution >= 4 is 22.3 Å². The fourth-order valence-corrected chi connectivity index (χ4v) is 4.74. The molecule has 4 rings (SSSR count). The highest BCUT2D eigenvalue weighted by Gasteiger charge is 2.50. The van der Waals surface area contributed by atoms with Crippen molar-refractivity contribution in [3.8, 4) is 0 Å². The minimum atomic E-state index is -0.638. The Labute approximate surface area is 120 Å². The van der Waals surface area contributed by atoms with E-state index in [1.54, 1.807) is 11.3 Å². The second kappa shape index (κ2) is 4.56. The number of carboxylic acids is 1. The van der Waals surface area contributed by atoms with Crippen molar-refractivity contribution in [1.82, 2.24) is 14.7 Å². The average molecular weight is 291 g/mol. The zero-order valence-electron chi connectivity index (χ0n) is 11.0. The summed E-state index contributed by atoms with van der Waals surface area (Å²) in [6.45, 7) is 0.659. The van der Waals surface area contributed by atoms with Gasteiger partial charge in [-0.15, -0.1) is 11.3 Å². The summed E-state index contributed by atoms with van der Waals surface area (Å²) in [7, 11) is 0. The molecular formula is C14H17N3O2S. The molecule has 4 atom stereocenters. The van der Waals surface area contributed by atoms with Gasteiger partial charge in [-0.05, 0) is 31.1 Å². The number of nitrogens with zero attached hydrogens (tertiary/aromatic N) is 2. The number of carboxylic acid groups (broad SMARTS) is 1. The highest BCUT2D eigenvalue weighted by Crippen LogP contribution is 2.48. The first-order valence-electron chi connectivity index (χ1n) is 7.09. The van der Waals surface area contributed by atoms with Gasteiger partial charge in [0.2, 0.25) is 0 Å². The zero-order chi connectivity index (χ0) is 13.7. The second-order valence-corrected chi connectivity index (χ2v) is 6.80. The number of thiazole rings is 1. The maximum absolute atomic E-state index is 11.5. The molecule has 2 N–H and O–H groups in total. The van der Waals surface area contributed by atoms with Crippen molar-refractivity contribution in [3.63, 3.8) is 0 Å². The third-order valence-corrected chi connectivity index (χ3v) is 5.63. The maximum atomic E-state index is 11.5. The molecule has 0 amide bonds. The smallest absolute Gasteiger partial charge is 0.308 e. The van der Waals surface area contributed by atoms with Crippen LogP contribution in [-0.4, -0.2) is 26.5 Å². The number of imidazole rings is 1. The summed E-state index contributed by atoms with van der Waals surface area (Å²) in [6, 6.07) is 0.117. The molecule has 0 radical (unpaired) electrons. The van der Waals surface area contributed by atoms with Gasteiger partial charge in [-0.1, -0.05) is 0 Å². The highest BCUT2D eigenvalue weighted by molar-refractivity contribution is 7.15. The number of hydrogen-bond donors (Lipinski definition) is 2. The molecule has 2 fully saturated rings. The molecule has 4 unspecified atom stereocenters. The molecule has 5 nitrogen and oxygen atoms in total. The molecule has 0 aromatic carbocycles. The number of nitrogens with one attached hydrogen (secondary N) is 1. The Hall–Kier alpha value is -1.40. The monoisotopic (exact) mass is 291 g/mol. The third kappa shape index (κ3) is 1.86. The lowest BCUT2D eigenvalue weighted by atomic mass is 9.84. The summed E-state index contributed by atoms with van der Waals surface area (Å²) in [5.74, 6) is 0.0586. The van der Waals surface area contributed by atoms with E-state index in [1.165, 1.54) is 6.42 Å². The van der Waals surface area contributed by atoms with Crippen LogP contribution in [0.5, 0.6) is 0 Å². The normalized spacial score (nSPS) is 32.2. The van der Waals surface area contributed by atoms with Crippen molar-refractivity contribution in [3.05, 3.63) is 23.5 Å². The summed E-state index contributed by atoms with van der Waals surface area (Å²) in [6.07, 6.45) is 7.34. The Morgan fingerprint density at radius 1 is 1.50 bits per heavy atom. The van der Waals surface area contributed by atoms with Gasteiger partial charge in [0.05, 0.1) is 11.6 Å². The first kappa shape index (κ1) is 12.3. The maximum Gasteiger partial charge on any atom is 0.308 e. The average Bonchev–Trinajstić information content (AvgIpc) is 3.13. The molecule has 6 heteroatoms. The fourth-order valence-electron chi connectivity index (χ4n) is 4.02. The van der Waals surface area contributed by atoms with Crippen LogP contribution in [0.25, 0.3) is 4.96 Å². The molecule has 2 aliphatic rings. The van der Waals surface area contributed by atoms with Crippen LogP contribution in [0.1, 0.15) is 25.0 Å². The number of aromatic nitrogens is 2. The molecule has 0 aliphatic heterocycles. The third-order valence-electron chi connectivity index (χ3n) is 4.86. The predicted octanol–water partition coefficient (Wildman–Crippen LogP) is 1.98. The van der Waals surface area contributed by atoms with Gasteiger partial charge >= 0.3 is 5.97 Å². The van der Waals surface area contributed by atoms with Gasteiger partial charge in [-0.25, -0.2) is 4.98 Å². The van der Waals surface area contributed by atoms with Gasteiger partial charge in [0.1, 0.15) is 0 Å². The second-order valence-electron chi connectivity index (χ2n) is 5.93. The van der Waals surface area contributed by atoms with Gasteiger partial charge in [0.25, 0.3) is 0 Å². The van der Waals surface area contributed by atoms with E-state index in [9.17, 15) is 9.90 Å². The summed E-state index contributed by atoms with van der Waals surface area (Å²) < 4.78 is 2.01. The van der Waals surface area contributed by atoms with E-state index in [1.807, 2.05) is 22.2 Å². The number of aliphatic carboxylic acids is 1. The van der Waals surface area contributed by atoms with Crippen molar-refractivity contribution in [2.75, 3.05) is 0 Å². The van der Waals surface area contributed by atoms with Gasteiger partial charge in [-0.3, -0.25) is 9.20 Å². The Kier molecular flexibility index (Phi) is 2.82. The van der Waals surface area contributed by atoms with E-state index in [-0.39, 0.29) is 12.0 Å². The minimum absolute atomic E-state index is 0.117. The molecule has 20 heavy (non-hydrogen) atoms. The molecule has 2 aromatic rings. The van der Waals surface area contributed by atoms with E-state index in [2.05, 4.69) is 10.3 Å². The van der Waals surface area contributed by atoms with Crippen LogP contribution in [-0.2, 0) is 11.3 Å². The van der Waals surface area contributed by atoms with E-state index in [0.29, 0.717) is 18.4 Å². The zero-order valence-corrected chi connectivity index (χ0v) is 11.8. The number of hydrogen-bond acceptors (Lipinski definition) is 4. The lowest BCUT2D eigenvalue weighted by Crippen LogP contribution is -2.43. The Bertz CT molecular complexity index is 621. The summed E-state index contributed by atoms with van der Waals surface area (Å²) in [5.41, 5.74) is 0.990. The molecule has 2 aliphatic carbocycles. The van der Waals surface area contributed by atoms with Gasteiger partial charge in [0, 0.05) is 30.4 Å². The van der Waals surface area contributed by atoms with Crippen LogP contribution in [0.2, 0.25) is 0 Å². The van der Waals surface area contributed by atoms with Crippen LogP contribution >= 0.6 is 11.3 Å². The van der Waals surface area contributed by atoms with Crippen LogP contribution in [0, 0.1) is 17.8 Å². The van der Waals surface area contributed by atoms with Gasteiger partial charge in [0.15, 0.2) is 4.96 Å². The standard InChI is InChI=1S/C14H17N3O2S/c18-13(19)11-8-1-2-9(5-8)12(11)15-6-10-7-17-3-4-20-14(17)16-10/h3-4,7-9,11-12,15H,1-2,5-6H2,(H,18,19). The van der Waals surface area contributed by atoms with E-state index in [4.69, 9.17) is 0 Å². The molecular weight excluding hydrogens is 274 g/mol.